The number of cyclic esters (lactones) is 2. The molecule has 1 aliphatic heterocycles. The van der Waals surface area contributed by atoms with E-state index in [4.69, 9.17) is 14.2 Å². The van der Waals surface area contributed by atoms with E-state index in [2.05, 4.69) is 0 Å². The van der Waals surface area contributed by atoms with Gasteiger partial charge in [0.2, 0.25) is 0 Å². The summed E-state index contributed by atoms with van der Waals surface area (Å²) >= 11 is 0. The topological polar surface area (TPSA) is 82.1 Å². The predicted molar refractivity (Wildman–Crippen MR) is 80.4 cm³/mol. The predicted octanol–water partition coefficient (Wildman–Crippen LogP) is 1.97. The zero-order valence-electron chi connectivity index (χ0n) is 13.3. The molecular weight excluding hydrogens is 302 g/mol. The molecule has 1 fully saturated rings. The van der Waals surface area contributed by atoms with Crippen LogP contribution < -0.4 is 4.74 Å². The first-order chi connectivity index (χ1) is 10.7. The van der Waals surface area contributed by atoms with Gasteiger partial charge in [0.1, 0.15) is 11.3 Å². The van der Waals surface area contributed by atoms with Gasteiger partial charge in [-0.3, -0.25) is 0 Å². The van der Waals surface area contributed by atoms with Gasteiger partial charge in [-0.2, -0.15) is 0 Å². The number of esters is 2. The van der Waals surface area contributed by atoms with Gasteiger partial charge in [0.15, 0.2) is 0 Å². The van der Waals surface area contributed by atoms with Crippen molar-refractivity contribution in [2.45, 2.75) is 19.6 Å². The first-order valence-corrected chi connectivity index (χ1v) is 6.86. The molecule has 0 N–H and O–H groups in total. The van der Waals surface area contributed by atoms with E-state index in [1.165, 1.54) is 24.8 Å². The van der Waals surface area contributed by atoms with Gasteiger partial charge < -0.3 is 19.1 Å². The van der Waals surface area contributed by atoms with Crippen LogP contribution in [0.25, 0.3) is 6.08 Å². The van der Waals surface area contributed by atoms with Crippen molar-refractivity contribution < 1.29 is 28.6 Å². The third-order valence-electron chi connectivity index (χ3n) is 2.90. The number of carbonyl (C=O) groups excluding carboxylic acids is 3. The van der Waals surface area contributed by atoms with Crippen molar-refractivity contribution >= 4 is 24.1 Å². The largest absolute Gasteiger partial charge is 0.419 e. The lowest BCUT2D eigenvalue weighted by molar-refractivity contribution is -0.222. The molecule has 0 spiro atoms. The quantitative estimate of drug-likeness (QED) is 0.471. The maximum absolute atomic E-state index is 12.0. The van der Waals surface area contributed by atoms with Crippen molar-refractivity contribution in [3.8, 4) is 5.75 Å². The van der Waals surface area contributed by atoms with Gasteiger partial charge in [-0.25, -0.2) is 14.4 Å². The lowest BCUT2D eigenvalue weighted by Crippen LogP contribution is -2.41. The van der Waals surface area contributed by atoms with Crippen molar-refractivity contribution in [3.05, 3.63) is 35.4 Å². The highest BCUT2D eigenvalue weighted by Gasteiger charge is 2.39. The fraction of sp³-hybridized carbons (Fsp3) is 0.312. The van der Waals surface area contributed by atoms with Crippen molar-refractivity contribution in [3.63, 3.8) is 0 Å². The van der Waals surface area contributed by atoms with Crippen molar-refractivity contribution in [1.29, 1.82) is 0 Å². The average molecular weight is 319 g/mol. The van der Waals surface area contributed by atoms with Gasteiger partial charge in [0.25, 0.3) is 5.79 Å². The minimum Gasteiger partial charge on any atom is -0.419 e. The Bertz CT molecular complexity index is 668. The molecule has 1 heterocycles. The number of ether oxygens (including phenoxy) is 3. The molecule has 0 saturated carbocycles. The molecule has 122 valence electrons. The molecule has 1 saturated heterocycles. The zero-order valence-corrected chi connectivity index (χ0v) is 13.3. The van der Waals surface area contributed by atoms with Crippen LogP contribution in [0.5, 0.6) is 5.75 Å². The van der Waals surface area contributed by atoms with Crippen LogP contribution >= 0.6 is 0 Å². The fourth-order valence-electron chi connectivity index (χ4n) is 1.81. The van der Waals surface area contributed by atoms with Crippen molar-refractivity contribution in [2.75, 3.05) is 14.1 Å². The molecule has 7 nitrogen and oxygen atoms in total. The molecule has 0 aliphatic carbocycles. The second kappa shape index (κ2) is 6.12. The van der Waals surface area contributed by atoms with Gasteiger partial charge in [0, 0.05) is 33.5 Å². The summed E-state index contributed by atoms with van der Waals surface area (Å²) in [4.78, 5) is 36.8. The van der Waals surface area contributed by atoms with E-state index in [-0.39, 0.29) is 11.3 Å². The summed E-state index contributed by atoms with van der Waals surface area (Å²) in [5.74, 6) is -2.67. The van der Waals surface area contributed by atoms with Gasteiger partial charge in [-0.05, 0) is 12.1 Å². The second-order valence-electron chi connectivity index (χ2n) is 5.54. The second-order valence-corrected chi connectivity index (χ2v) is 5.54. The Labute approximate surface area is 133 Å². The zero-order chi connectivity index (χ0) is 17.2. The third kappa shape index (κ3) is 3.88. The van der Waals surface area contributed by atoms with Crippen molar-refractivity contribution in [2.24, 2.45) is 0 Å². The molecule has 0 atom stereocenters. The monoisotopic (exact) mass is 319 g/mol. The van der Waals surface area contributed by atoms with E-state index >= 15 is 0 Å². The summed E-state index contributed by atoms with van der Waals surface area (Å²) in [7, 11) is 3.09. The van der Waals surface area contributed by atoms with E-state index in [1.54, 1.807) is 38.4 Å². The summed E-state index contributed by atoms with van der Waals surface area (Å²) in [5, 5.41) is 0. The number of hydrogen-bond donors (Lipinski definition) is 0. The smallest absolute Gasteiger partial charge is 0.414 e. The van der Waals surface area contributed by atoms with Crippen LogP contribution in [0.15, 0.2) is 29.8 Å². The Morgan fingerprint density at radius 2 is 1.70 bits per heavy atom. The van der Waals surface area contributed by atoms with E-state index < -0.39 is 23.8 Å². The summed E-state index contributed by atoms with van der Waals surface area (Å²) in [6.45, 7) is 2.93. The van der Waals surface area contributed by atoms with Crippen LogP contribution in [-0.2, 0) is 19.1 Å². The Morgan fingerprint density at radius 1 is 1.13 bits per heavy atom. The lowest BCUT2D eigenvalue weighted by atomic mass is 10.1. The molecule has 1 aromatic carbocycles. The highest BCUT2D eigenvalue weighted by atomic mass is 16.7. The normalized spacial score (nSPS) is 16.3. The first-order valence-electron chi connectivity index (χ1n) is 6.86. The number of para-hydroxylation sites is 1. The fourth-order valence-corrected chi connectivity index (χ4v) is 1.81. The van der Waals surface area contributed by atoms with Crippen LogP contribution in [0, 0.1) is 0 Å². The van der Waals surface area contributed by atoms with Gasteiger partial charge >= 0.3 is 18.0 Å². The minimum absolute atomic E-state index is 0.212. The van der Waals surface area contributed by atoms with Crippen molar-refractivity contribution in [1.82, 2.24) is 4.90 Å². The molecule has 0 unspecified atom stereocenters. The minimum atomic E-state index is -1.30. The van der Waals surface area contributed by atoms with E-state index in [0.29, 0.717) is 5.56 Å². The molecular formula is C16H17NO6. The van der Waals surface area contributed by atoms with E-state index in [0.717, 1.165) is 0 Å². The highest BCUT2D eigenvalue weighted by molar-refractivity contribution is 6.19. The molecule has 0 radical (unpaired) electrons. The maximum atomic E-state index is 12.0. The lowest BCUT2D eigenvalue weighted by Gasteiger charge is -2.29. The SMILES string of the molecule is CN(C)C(=O)Oc1ccccc1C=C1C(=O)OC(C)(C)OC1=O. The Hall–Kier alpha value is -2.83. The molecule has 0 aromatic heterocycles. The molecule has 1 amide bonds. The molecule has 0 bridgehead atoms. The summed E-state index contributed by atoms with van der Waals surface area (Å²) in [6, 6.07) is 6.51. The number of amides is 1. The van der Waals surface area contributed by atoms with Crippen LogP contribution in [0.2, 0.25) is 0 Å². The Kier molecular flexibility index (Phi) is 4.40. The number of carbonyl (C=O) groups is 3. The van der Waals surface area contributed by atoms with Crippen LogP contribution in [0.4, 0.5) is 4.79 Å². The van der Waals surface area contributed by atoms with Crippen LogP contribution in [-0.4, -0.2) is 42.8 Å². The first kappa shape index (κ1) is 16.5. The Morgan fingerprint density at radius 3 is 2.26 bits per heavy atom. The Balaban J connectivity index is 2.34. The van der Waals surface area contributed by atoms with E-state index in [9.17, 15) is 14.4 Å². The van der Waals surface area contributed by atoms with Gasteiger partial charge in [-0.15, -0.1) is 0 Å². The summed E-state index contributed by atoms with van der Waals surface area (Å²) < 4.78 is 15.2. The number of rotatable bonds is 2. The number of nitrogens with zero attached hydrogens (tertiary/aromatic N) is 1. The maximum Gasteiger partial charge on any atom is 0.414 e. The van der Waals surface area contributed by atoms with Crippen LogP contribution in [0.3, 0.4) is 0 Å². The van der Waals surface area contributed by atoms with Gasteiger partial charge in [-0.1, -0.05) is 18.2 Å². The molecule has 7 heteroatoms. The molecule has 23 heavy (non-hydrogen) atoms. The number of hydrogen-bond acceptors (Lipinski definition) is 6. The average Bonchev–Trinajstić information content (AvgIpc) is 2.43. The van der Waals surface area contributed by atoms with Gasteiger partial charge in [0.05, 0.1) is 0 Å². The van der Waals surface area contributed by atoms with Crippen LogP contribution in [0.1, 0.15) is 19.4 Å². The third-order valence-corrected chi connectivity index (χ3v) is 2.90. The van der Waals surface area contributed by atoms with E-state index in [1.807, 2.05) is 0 Å². The molecule has 1 aromatic rings. The summed E-state index contributed by atoms with van der Waals surface area (Å²) in [5.41, 5.74) is 0.115. The standard InChI is InChI=1S/C16H17NO6/c1-16(2)22-13(18)11(14(19)23-16)9-10-7-5-6-8-12(10)21-15(20)17(3)4/h5-9H,1-4H3. The molecule has 1 aliphatic rings. The highest BCUT2D eigenvalue weighted by Crippen LogP contribution is 2.27. The molecule has 2 rings (SSSR count). The summed E-state index contributed by atoms with van der Waals surface area (Å²) in [6.07, 6.45) is 0.698. The number of benzene rings is 1.